The van der Waals surface area contributed by atoms with Crippen molar-refractivity contribution in [1.82, 2.24) is 31.5 Å². The van der Waals surface area contributed by atoms with Crippen molar-refractivity contribution in [2.24, 2.45) is 11.5 Å². The van der Waals surface area contributed by atoms with E-state index < -0.39 is 96.7 Å². The number of carbonyl (C=O) groups is 8. The lowest BCUT2D eigenvalue weighted by molar-refractivity contribution is -0.145. The second-order valence-corrected chi connectivity index (χ2v) is 14.3. The molecule has 1 aliphatic rings. The van der Waals surface area contributed by atoms with E-state index in [1.165, 1.54) is 48.2 Å². The summed E-state index contributed by atoms with van der Waals surface area (Å²) in [5, 5.41) is 40.9. The Morgan fingerprint density at radius 2 is 1.33 bits per heavy atom. The number of rotatable bonds is 20. The first-order valence-electron chi connectivity index (χ1n) is 19.1. The first kappa shape index (κ1) is 45.8. The van der Waals surface area contributed by atoms with Crippen LogP contribution in [0.3, 0.4) is 0 Å². The number of aliphatic hydroxyl groups is 1. The fraction of sp³-hybridized carbons (Fsp3) is 0.366. The SMILES string of the molecule is C[C@H](NC(=O)[C@@H](N)Cc1ccc(C(N)=O)cc1)C(=O)N[C@@H](Cc1ccccc1)C(=O)NCC(=O)N[C@@H](Cc1ccc(O)cc1)C(=O)N1CCC[C@H]1C(=O)N[C@@H](CO)C(=O)O. The number of aromatic hydroxyl groups is 1. The molecule has 6 atom stereocenters. The molecule has 0 aliphatic carbocycles. The van der Waals surface area contributed by atoms with Crippen molar-refractivity contribution < 1.29 is 53.7 Å². The lowest BCUT2D eigenvalue weighted by Crippen LogP contribution is -2.58. The van der Waals surface area contributed by atoms with Gasteiger partial charge in [0.25, 0.3) is 0 Å². The van der Waals surface area contributed by atoms with Crippen LogP contribution in [0.2, 0.25) is 0 Å². The Kier molecular flexibility index (Phi) is 16.6. The second-order valence-electron chi connectivity index (χ2n) is 14.3. The van der Waals surface area contributed by atoms with Gasteiger partial charge in [0.1, 0.15) is 36.0 Å². The number of phenolic OH excluding ortho intramolecular Hbond substituents is 1. The average Bonchev–Trinajstić information content (AvgIpc) is 3.72. The van der Waals surface area contributed by atoms with E-state index in [2.05, 4.69) is 26.6 Å². The topological polar surface area (TPSA) is 313 Å². The third-order valence-electron chi connectivity index (χ3n) is 9.77. The molecule has 320 valence electrons. The number of aliphatic carboxylic acids is 1. The van der Waals surface area contributed by atoms with Gasteiger partial charge in [0.15, 0.2) is 0 Å². The van der Waals surface area contributed by atoms with Gasteiger partial charge in [-0.05, 0) is 67.1 Å². The van der Waals surface area contributed by atoms with Crippen LogP contribution in [0.5, 0.6) is 5.75 Å². The molecule has 0 spiro atoms. The van der Waals surface area contributed by atoms with Crippen LogP contribution < -0.4 is 38.1 Å². The Bertz CT molecular complexity index is 2010. The number of primary amides is 1. The van der Waals surface area contributed by atoms with Gasteiger partial charge >= 0.3 is 5.97 Å². The molecule has 3 aromatic carbocycles. The first-order valence-corrected chi connectivity index (χ1v) is 19.1. The molecule has 1 fully saturated rings. The normalized spacial score (nSPS) is 15.9. The number of benzene rings is 3. The summed E-state index contributed by atoms with van der Waals surface area (Å²) in [6.07, 6.45) is 0.602. The monoisotopic (exact) mass is 830 g/mol. The quantitative estimate of drug-likeness (QED) is 0.0591. The number of nitrogens with two attached hydrogens (primary N) is 2. The van der Waals surface area contributed by atoms with Gasteiger partial charge in [0.05, 0.1) is 19.2 Å². The molecule has 0 aromatic heterocycles. The molecule has 3 aromatic rings. The number of carbonyl (C=O) groups excluding carboxylic acids is 7. The van der Waals surface area contributed by atoms with Crippen molar-refractivity contribution in [2.45, 2.75) is 75.3 Å². The maximum atomic E-state index is 14.0. The lowest BCUT2D eigenvalue weighted by Gasteiger charge is -2.29. The number of aliphatic hydroxyl groups excluding tert-OH is 1. The van der Waals surface area contributed by atoms with E-state index in [9.17, 15) is 53.7 Å². The highest BCUT2D eigenvalue weighted by atomic mass is 16.4. The number of hydrogen-bond acceptors (Lipinski definition) is 11. The summed E-state index contributed by atoms with van der Waals surface area (Å²) in [4.78, 5) is 104. The molecule has 0 unspecified atom stereocenters. The molecule has 4 rings (SSSR count). The second kappa shape index (κ2) is 21.8. The van der Waals surface area contributed by atoms with Crippen molar-refractivity contribution in [2.75, 3.05) is 19.7 Å². The Balaban J connectivity index is 1.42. The van der Waals surface area contributed by atoms with Crippen LogP contribution in [0.4, 0.5) is 0 Å². The smallest absolute Gasteiger partial charge is 0.328 e. The summed E-state index contributed by atoms with van der Waals surface area (Å²) >= 11 is 0. The fourth-order valence-corrected chi connectivity index (χ4v) is 6.45. The van der Waals surface area contributed by atoms with Gasteiger partial charge in [0, 0.05) is 24.9 Å². The Morgan fingerprint density at radius 1 is 0.733 bits per heavy atom. The number of amides is 7. The molecule has 1 saturated heterocycles. The van der Waals surface area contributed by atoms with E-state index in [4.69, 9.17) is 11.5 Å². The number of carboxylic acids is 1. The zero-order chi connectivity index (χ0) is 43.9. The van der Waals surface area contributed by atoms with Crippen molar-refractivity contribution in [3.8, 4) is 5.75 Å². The van der Waals surface area contributed by atoms with E-state index in [0.29, 0.717) is 23.1 Å². The maximum absolute atomic E-state index is 14.0. The number of nitrogens with one attached hydrogen (secondary N) is 5. The van der Waals surface area contributed by atoms with Gasteiger partial charge in [-0.15, -0.1) is 0 Å². The largest absolute Gasteiger partial charge is 0.508 e. The lowest BCUT2D eigenvalue weighted by atomic mass is 10.0. The van der Waals surface area contributed by atoms with E-state index >= 15 is 0 Å². The molecule has 0 radical (unpaired) electrons. The van der Waals surface area contributed by atoms with Gasteiger partial charge in [-0.1, -0.05) is 54.6 Å². The van der Waals surface area contributed by atoms with Crippen LogP contribution in [0.15, 0.2) is 78.9 Å². The highest BCUT2D eigenvalue weighted by Gasteiger charge is 2.39. The van der Waals surface area contributed by atoms with E-state index in [-0.39, 0.29) is 43.5 Å². The van der Waals surface area contributed by atoms with Gasteiger partial charge < -0.3 is 58.3 Å². The summed E-state index contributed by atoms with van der Waals surface area (Å²) < 4.78 is 0. The molecule has 1 aliphatic heterocycles. The molecule has 19 heteroatoms. The molecule has 19 nitrogen and oxygen atoms in total. The first-order chi connectivity index (χ1) is 28.6. The summed E-state index contributed by atoms with van der Waals surface area (Å²) in [7, 11) is 0. The van der Waals surface area contributed by atoms with E-state index in [1.807, 2.05) is 0 Å². The van der Waals surface area contributed by atoms with Crippen LogP contribution in [-0.2, 0) is 52.8 Å². The summed E-state index contributed by atoms with van der Waals surface area (Å²) in [5.74, 6) is -6.49. The van der Waals surface area contributed by atoms with Crippen LogP contribution in [-0.4, -0.2) is 123 Å². The van der Waals surface area contributed by atoms with Crippen LogP contribution in [0.1, 0.15) is 46.8 Å². The number of likely N-dealkylation sites (tertiary alicyclic amines) is 1. The number of hydrogen-bond donors (Lipinski definition) is 10. The molecule has 1 heterocycles. The molecular formula is C41H50N8O11. The highest BCUT2D eigenvalue weighted by Crippen LogP contribution is 2.21. The number of nitrogens with zero attached hydrogens (tertiary/aromatic N) is 1. The number of phenols is 1. The highest BCUT2D eigenvalue weighted by molar-refractivity contribution is 5.96. The molecule has 12 N–H and O–H groups in total. The summed E-state index contributed by atoms with van der Waals surface area (Å²) in [6, 6.07) is 13.4. The van der Waals surface area contributed by atoms with Gasteiger partial charge in [0.2, 0.25) is 41.4 Å². The average molecular weight is 831 g/mol. The minimum atomic E-state index is -1.59. The predicted octanol–water partition coefficient (Wildman–Crippen LogP) is -2.01. The van der Waals surface area contributed by atoms with Gasteiger partial charge in [-0.2, -0.15) is 0 Å². The molecule has 0 bridgehead atoms. The number of carboxylic acid groups (broad SMARTS) is 1. The third-order valence-corrected chi connectivity index (χ3v) is 9.77. The van der Waals surface area contributed by atoms with Crippen LogP contribution in [0, 0.1) is 0 Å². The van der Waals surface area contributed by atoms with E-state index in [1.54, 1.807) is 42.5 Å². The van der Waals surface area contributed by atoms with Crippen molar-refractivity contribution >= 4 is 47.3 Å². The Labute approximate surface area is 345 Å². The van der Waals surface area contributed by atoms with Gasteiger partial charge in [-0.25, -0.2) is 4.79 Å². The minimum absolute atomic E-state index is 0.000896. The zero-order valence-corrected chi connectivity index (χ0v) is 32.8. The van der Waals surface area contributed by atoms with E-state index in [0.717, 1.165) is 0 Å². The molecule has 7 amide bonds. The minimum Gasteiger partial charge on any atom is -0.508 e. The van der Waals surface area contributed by atoms with Crippen LogP contribution >= 0.6 is 0 Å². The zero-order valence-electron chi connectivity index (χ0n) is 32.8. The maximum Gasteiger partial charge on any atom is 0.328 e. The van der Waals surface area contributed by atoms with Gasteiger partial charge in [-0.3, -0.25) is 33.6 Å². The fourth-order valence-electron chi connectivity index (χ4n) is 6.45. The molecule has 0 saturated carbocycles. The van der Waals surface area contributed by atoms with Crippen molar-refractivity contribution in [3.05, 3.63) is 101 Å². The molecular weight excluding hydrogens is 780 g/mol. The Morgan fingerprint density at radius 3 is 1.95 bits per heavy atom. The predicted molar refractivity (Wildman–Crippen MR) is 214 cm³/mol. The van der Waals surface area contributed by atoms with Crippen LogP contribution in [0.25, 0.3) is 0 Å². The summed E-state index contributed by atoms with van der Waals surface area (Å²) in [6.45, 7) is 0.0149. The third kappa shape index (κ3) is 13.3. The summed E-state index contributed by atoms with van der Waals surface area (Å²) in [5.41, 5.74) is 13.5. The standard InChI is InChI=1S/C41H50N8O11/c1-23(45-37(55)29(42)18-25-9-13-27(14-10-25)35(43)53)36(54)47-30(19-24-6-3-2-4-7-24)38(56)44-21-34(52)46-31(20-26-11-15-28(51)16-12-26)40(58)49-17-5-8-33(49)39(57)48-32(22-50)41(59)60/h2-4,6-7,9-16,23,29-33,50-51H,5,8,17-22,42H2,1H3,(H2,43,53)(H,44,56)(H,45,55)(H,46,52)(H,47,54)(H,48,57)(H,59,60)/t23-,29-,30-,31-,32-,33-/m0/s1. The molecule has 60 heavy (non-hydrogen) atoms. The Hall–Kier alpha value is -6.86. The van der Waals surface area contributed by atoms with Crippen molar-refractivity contribution in [1.29, 1.82) is 0 Å². The van der Waals surface area contributed by atoms with Crippen molar-refractivity contribution in [3.63, 3.8) is 0 Å².